The Hall–Kier alpha value is -2.66. The van der Waals surface area contributed by atoms with Gasteiger partial charge in [-0.2, -0.15) is 0 Å². The first-order valence-corrected chi connectivity index (χ1v) is 10.6. The summed E-state index contributed by atoms with van der Waals surface area (Å²) in [5, 5.41) is 0. The zero-order chi connectivity index (χ0) is 20.2. The zero-order valence-corrected chi connectivity index (χ0v) is 17.0. The molecule has 152 valence electrons. The molecule has 0 spiro atoms. The van der Waals surface area contributed by atoms with E-state index in [2.05, 4.69) is 30.3 Å². The standard InChI is InChI=1S/C24H28N2O3/c1-2-29-21-10-6-9-20(16-21)26-23(27)17-22(24(26)28)25-13-11-19(12-14-25)15-18-7-4-3-5-8-18/h3-10,16,19,22H,2,11-15,17H2,1H3/p+1/t22-/m0/s1. The van der Waals surface area contributed by atoms with Crippen LogP contribution in [-0.4, -0.2) is 37.6 Å². The van der Waals surface area contributed by atoms with Crippen molar-refractivity contribution in [2.45, 2.75) is 38.6 Å². The molecule has 5 heteroatoms. The van der Waals surface area contributed by atoms with Crippen molar-refractivity contribution >= 4 is 17.5 Å². The highest BCUT2D eigenvalue weighted by Gasteiger charge is 2.46. The predicted octanol–water partition coefficient (Wildman–Crippen LogP) is 2.25. The van der Waals surface area contributed by atoms with Crippen LogP contribution in [0.25, 0.3) is 0 Å². The van der Waals surface area contributed by atoms with Gasteiger partial charge >= 0.3 is 0 Å². The van der Waals surface area contributed by atoms with E-state index in [1.807, 2.05) is 25.1 Å². The van der Waals surface area contributed by atoms with Gasteiger partial charge in [0.05, 0.1) is 31.8 Å². The summed E-state index contributed by atoms with van der Waals surface area (Å²) in [4.78, 5) is 28.4. The van der Waals surface area contributed by atoms with Crippen molar-refractivity contribution in [2.75, 3.05) is 24.6 Å². The fraction of sp³-hybridized carbons (Fsp3) is 0.417. The highest BCUT2D eigenvalue weighted by molar-refractivity contribution is 6.21. The summed E-state index contributed by atoms with van der Waals surface area (Å²) < 4.78 is 5.53. The fourth-order valence-electron chi connectivity index (χ4n) is 4.65. The molecule has 2 aromatic rings. The second-order valence-corrected chi connectivity index (χ2v) is 8.05. The zero-order valence-electron chi connectivity index (χ0n) is 17.0. The number of nitrogens with one attached hydrogen (secondary N) is 1. The number of imide groups is 1. The lowest BCUT2D eigenvalue weighted by Crippen LogP contribution is -3.17. The van der Waals surface area contributed by atoms with Crippen LogP contribution >= 0.6 is 0 Å². The fourth-order valence-corrected chi connectivity index (χ4v) is 4.65. The van der Waals surface area contributed by atoms with Gasteiger partial charge in [-0.1, -0.05) is 36.4 Å². The number of carbonyl (C=O) groups excluding carboxylic acids is 2. The Morgan fingerprint density at radius 3 is 2.52 bits per heavy atom. The van der Waals surface area contributed by atoms with Gasteiger partial charge in [0.15, 0.2) is 6.04 Å². The summed E-state index contributed by atoms with van der Waals surface area (Å²) >= 11 is 0. The molecule has 2 aliphatic rings. The molecule has 0 aliphatic carbocycles. The van der Waals surface area contributed by atoms with Crippen LogP contribution in [0.4, 0.5) is 5.69 Å². The van der Waals surface area contributed by atoms with Crippen molar-refractivity contribution in [3.8, 4) is 5.75 Å². The van der Waals surface area contributed by atoms with Crippen LogP contribution in [0, 0.1) is 5.92 Å². The van der Waals surface area contributed by atoms with Gasteiger partial charge in [0, 0.05) is 6.07 Å². The van der Waals surface area contributed by atoms with E-state index in [4.69, 9.17) is 4.74 Å². The Morgan fingerprint density at radius 2 is 1.79 bits per heavy atom. The molecular formula is C24H29N2O3+. The summed E-state index contributed by atoms with van der Waals surface area (Å²) in [6, 6.07) is 17.6. The monoisotopic (exact) mass is 393 g/mol. The lowest BCUT2D eigenvalue weighted by atomic mass is 9.89. The number of benzene rings is 2. The average molecular weight is 394 g/mol. The number of rotatable bonds is 6. The first-order valence-electron chi connectivity index (χ1n) is 10.6. The van der Waals surface area contributed by atoms with Gasteiger partial charge in [0.1, 0.15) is 5.75 Å². The molecule has 0 aromatic heterocycles. The molecule has 2 saturated heterocycles. The van der Waals surface area contributed by atoms with E-state index in [-0.39, 0.29) is 17.9 Å². The maximum Gasteiger partial charge on any atom is 0.292 e. The second-order valence-electron chi connectivity index (χ2n) is 8.05. The first-order chi connectivity index (χ1) is 14.2. The first kappa shape index (κ1) is 19.6. The van der Waals surface area contributed by atoms with Crippen LogP contribution in [0.5, 0.6) is 5.75 Å². The molecule has 2 aliphatic heterocycles. The van der Waals surface area contributed by atoms with Crippen LogP contribution in [0.3, 0.4) is 0 Å². The molecule has 1 N–H and O–H groups in total. The van der Waals surface area contributed by atoms with Crippen LogP contribution in [-0.2, 0) is 16.0 Å². The van der Waals surface area contributed by atoms with Gasteiger partial charge < -0.3 is 9.64 Å². The molecule has 2 aromatic carbocycles. The van der Waals surface area contributed by atoms with Gasteiger partial charge in [-0.25, -0.2) is 4.90 Å². The molecule has 0 radical (unpaired) electrons. The maximum atomic E-state index is 13.1. The van der Waals surface area contributed by atoms with Gasteiger partial charge in [-0.15, -0.1) is 0 Å². The van der Waals surface area contributed by atoms with E-state index in [1.54, 1.807) is 6.07 Å². The van der Waals surface area contributed by atoms with E-state index in [0.717, 1.165) is 32.4 Å². The van der Waals surface area contributed by atoms with E-state index < -0.39 is 0 Å². The molecule has 2 heterocycles. The number of hydrogen-bond acceptors (Lipinski definition) is 3. The number of amides is 2. The number of carbonyl (C=O) groups is 2. The van der Waals surface area contributed by atoms with Crippen molar-refractivity contribution in [3.05, 3.63) is 60.2 Å². The average Bonchev–Trinajstić information content (AvgIpc) is 3.04. The normalized spacial score (nSPS) is 24.7. The van der Waals surface area contributed by atoms with Crippen molar-refractivity contribution in [3.63, 3.8) is 0 Å². The summed E-state index contributed by atoms with van der Waals surface area (Å²) in [6.07, 6.45) is 3.60. The summed E-state index contributed by atoms with van der Waals surface area (Å²) in [6.45, 7) is 4.37. The number of piperidine rings is 1. The minimum atomic E-state index is -0.254. The van der Waals surface area contributed by atoms with Crippen LogP contribution in [0.15, 0.2) is 54.6 Å². The number of nitrogens with zero attached hydrogens (tertiary/aromatic N) is 1. The number of hydrogen-bond donors (Lipinski definition) is 1. The van der Waals surface area contributed by atoms with E-state index in [0.29, 0.717) is 30.4 Å². The quantitative estimate of drug-likeness (QED) is 0.766. The minimum Gasteiger partial charge on any atom is -0.494 e. The van der Waals surface area contributed by atoms with Crippen LogP contribution < -0.4 is 14.5 Å². The molecule has 4 rings (SSSR count). The van der Waals surface area contributed by atoms with Crippen LogP contribution in [0.1, 0.15) is 31.7 Å². The molecule has 1 atom stereocenters. The number of quaternary nitrogens is 1. The third kappa shape index (κ3) is 4.35. The highest BCUT2D eigenvalue weighted by atomic mass is 16.5. The van der Waals surface area contributed by atoms with Crippen molar-refractivity contribution in [1.82, 2.24) is 0 Å². The third-order valence-corrected chi connectivity index (χ3v) is 6.14. The Balaban J connectivity index is 1.39. The Bertz CT molecular complexity index is 859. The molecule has 0 bridgehead atoms. The summed E-state index contributed by atoms with van der Waals surface area (Å²) in [7, 11) is 0. The Kier molecular flexibility index (Phi) is 5.95. The largest absolute Gasteiger partial charge is 0.494 e. The lowest BCUT2D eigenvalue weighted by Gasteiger charge is -2.32. The molecule has 29 heavy (non-hydrogen) atoms. The van der Waals surface area contributed by atoms with Crippen molar-refractivity contribution < 1.29 is 19.2 Å². The van der Waals surface area contributed by atoms with Crippen LogP contribution in [0.2, 0.25) is 0 Å². The SMILES string of the molecule is CCOc1cccc(N2C(=O)C[C@H]([NH+]3CCC(Cc4ccccc4)CC3)C2=O)c1. The molecule has 5 nitrogen and oxygen atoms in total. The number of ether oxygens (including phenoxy) is 1. The van der Waals surface area contributed by atoms with E-state index in [1.165, 1.54) is 15.4 Å². The van der Waals surface area contributed by atoms with Crippen molar-refractivity contribution in [1.29, 1.82) is 0 Å². The van der Waals surface area contributed by atoms with Gasteiger partial charge in [0.2, 0.25) is 5.91 Å². The predicted molar refractivity (Wildman–Crippen MR) is 112 cm³/mol. The van der Waals surface area contributed by atoms with E-state index >= 15 is 0 Å². The van der Waals surface area contributed by atoms with E-state index in [9.17, 15) is 9.59 Å². The Morgan fingerprint density at radius 1 is 1.03 bits per heavy atom. The molecule has 0 unspecified atom stereocenters. The summed E-state index contributed by atoms with van der Waals surface area (Å²) in [5.74, 6) is 1.17. The molecule has 2 amide bonds. The second kappa shape index (κ2) is 8.78. The Labute approximate surface area is 172 Å². The van der Waals surface area contributed by atoms with Gasteiger partial charge in [0.25, 0.3) is 5.91 Å². The minimum absolute atomic E-state index is 0.0693. The summed E-state index contributed by atoms with van der Waals surface area (Å²) in [5.41, 5.74) is 2.00. The molecule has 2 fully saturated rings. The third-order valence-electron chi connectivity index (χ3n) is 6.14. The van der Waals surface area contributed by atoms with Gasteiger partial charge in [-0.05, 0) is 49.8 Å². The molecular weight excluding hydrogens is 364 g/mol. The number of likely N-dealkylation sites (tertiary alicyclic amines) is 1. The number of anilines is 1. The topological polar surface area (TPSA) is 51.0 Å². The highest BCUT2D eigenvalue weighted by Crippen LogP contribution is 2.26. The van der Waals surface area contributed by atoms with Gasteiger partial charge in [-0.3, -0.25) is 9.59 Å². The smallest absolute Gasteiger partial charge is 0.292 e. The van der Waals surface area contributed by atoms with Crippen molar-refractivity contribution in [2.24, 2.45) is 5.92 Å². The lowest BCUT2D eigenvalue weighted by molar-refractivity contribution is -0.920. The molecule has 0 saturated carbocycles. The maximum absolute atomic E-state index is 13.1.